The maximum Gasteiger partial charge on any atom is 0.445 e. The van der Waals surface area contributed by atoms with E-state index < -0.39 is 11.2 Å². The minimum absolute atomic E-state index is 0.0420. The van der Waals surface area contributed by atoms with Gasteiger partial charge in [-0.3, -0.25) is 0 Å². The summed E-state index contributed by atoms with van der Waals surface area (Å²) >= 11 is 0.521. The average molecular weight is 300 g/mol. The molecule has 1 aliphatic carbocycles. The van der Waals surface area contributed by atoms with E-state index in [9.17, 15) is 13.2 Å². The Hall–Kier alpha value is -1.83. The molecule has 1 aromatic carbocycles. The fourth-order valence-corrected chi connectivity index (χ4v) is 3.00. The molecule has 1 aliphatic rings. The van der Waals surface area contributed by atoms with Crippen LogP contribution in [0.3, 0.4) is 0 Å². The van der Waals surface area contributed by atoms with Gasteiger partial charge in [0.1, 0.15) is 0 Å². The van der Waals surface area contributed by atoms with Crippen molar-refractivity contribution in [1.29, 1.82) is 0 Å². The van der Waals surface area contributed by atoms with Gasteiger partial charge in [-0.1, -0.05) is 17.4 Å². The highest BCUT2D eigenvalue weighted by atomic mass is 32.1. The molecule has 0 spiro atoms. The van der Waals surface area contributed by atoms with Gasteiger partial charge < -0.3 is 11.1 Å². The van der Waals surface area contributed by atoms with Crippen molar-refractivity contribution in [2.75, 3.05) is 11.1 Å². The number of nitrogen functional groups attached to an aromatic ring is 1. The Balaban J connectivity index is 1.79. The number of nitrogens with two attached hydrogens (primary N) is 1. The molecule has 3 N–H and O–H groups in total. The molecule has 4 nitrogen and oxygen atoms in total. The van der Waals surface area contributed by atoms with Crippen LogP contribution >= 0.6 is 11.3 Å². The van der Waals surface area contributed by atoms with E-state index in [1.165, 1.54) is 0 Å². The number of hydrogen-bond acceptors (Lipinski definition) is 5. The molecule has 0 saturated heterocycles. The third kappa shape index (κ3) is 2.43. The molecule has 0 radical (unpaired) electrons. The lowest BCUT2D eigenvalue weighted by atomic mass is 10.1. The number of benzene rings is 1. The summed E-state index contributed by atoms with van der Waals surface area (Å²) in [5.74, 6) is 0. The van der Waals surface area contributed by atoms with E-state index in [2.05, 4.69) is 15.5 Å². The van der Waals surface area contributed by atoms with Crippen molar-refractivity contribution >= 4 is 22.2 Å². The normalized spacial score (nSPS) is 18.1. The topological polar surface area (TPSA) is 63.8 Å². The highest BCUT2D eigenvalue weighted by Gasteiger charge is 2.36. The lowest BCUT2D eigenvalue weighted by molar-refractivity contribution is -0.138. The van der Waals surface area contributed by atoms with Crippen molar-refractivity contribution in [3.8, 4) is 0 Å². The van der Waals surface area contributed by atoms with Gasteiger partial charge in [-0.15, -0.1) is 10.2 Å². The summed E-state index contributed by atoms with van der Waals surface area (Å²) in [4.78, 5) is 0. The zero-order valence-corrected chi connectivity index (χ0v) is 11.1. The van der Waals surface area contributed by atoms with Crippen LogP contribution in [0.25, 0.3) is 0 Å². The lowest BCUT2D eigenvalue weighted by Gasteiger charge is -2.12. The van der Waals surface area contributed by atoms with Crippen LogP contribution in [0.2, 0.25) is 0 Å². The summed E-state index contributed by atoms with van der Waals surface area (Å²) in [5, 5.41) is 8.98. The summed E-state index contributed by atoms with van der Waals surface area (Å²) in [6.07, 6.45) is -2.79. The minimum atomic E-state index is -4.44. The number of nitrogens with zero attached hydrogens (tertiary/aromatic N) is 2. The predicted molar refractivity (Wildman–Crippen MR) is 70.5 cm³/mol. The summed E-state index contributed by atoms with van der Waals surface area (Å²) in [5.41, 5.74) is 8.59. The fraction of sp³-hybridized carbons (Fsp3) is 0.333. The van der Waals surface area contributed by atoms with E-state index in [1.807, 2.05) is 12.1 Å². The standard InChI is InChI=1S/C12H11F3N4S/c13-12(14,15)10-18-19-11(20-10)17-9-4-1-6-5-7(16)2-3-8(6)9/h2-3,5,9H,1,4,16H2,(H,17,19). The molecule has 0 bridgehead atoms. The number of aromatic nitrogens is 2. The maximum atomic E-state index is 12.5. The van der Waals surface area contributed by atoms with Gasteiger partial charge in [0.05, 0.1) is 6.04 Å². The Morgan fingerprint density at radius 1 is 1.30 bits per heavy atom. The molecule has 0 amide bonds. The monoisotopic (exact) mass is 300 g/mol. The Morgan fingerprint density at radius 2 is 2.10 bits per heavy atom. The van der Waals surface area contributed by atoms with Crippen molar-refractivity contribution in [2.45, 2.75) is 25.1 Å². The molecule has 0 aliphatic heterocycles. The molecule has 1 unspecified atom stereocenters. The van der Waals surface area contributed by atoms with Gasteiger partial charge in [0.15, 0.2) is 0 Å². The second kappa shape index (κ2) is 4.62. The Bertz CT molecular complexity index is 638. The minimum Gasteiger partial charge on any atom is -0.399 e. The zero-order valence-electron chi connectivity index (χ0n) is 10.2. The first-order chi connectivity index (χ1) is 9.43. The van der Waals surface area contributed by atoms with Crippen LogP contribution in [-0.4, -0.2) is 10.2 Å². The third-order valence-electron chi connectivity index (χ3n) is 3.21. The first-order valence-electron chi connectivity index (χ1n) is 5.99. The smallest absolute Gasteiger partial charge is 0.399 e. The van der Waals surface area contributed by atoms with Gasteiger partial charge in [0, 0.05) is 5.69 Å². The Labute approximate surface area is 116 Å². The van der Waals surface area contributed by atoms with Crippen LogP contribution in [-0.2, 0) is 12.6 Å². The number of rotatable bonds is 2. The van der Waals surface area contributed by atoms with Gasteiger partial charge in [-0.2, -0.15) is 13.2 Å². The third-order valence-corrected chi connectivity index (χ3v) is 4.11. The van der Waals surface area contributed by atoms with E-state index in [0.29, 0.717) is 17.0 Å². The van der Waals surface area contributed by atoms with Crippen LogP contribution in [0.4, 0.5) is 24.0 Å². The van der Waals surface area contributed by atoms with Crippen molar-refractivity contribution in [2.24, 2.45) is 0 Å². The van der Waals surface area contributed by atoms with Crippen LogP contribution < -0.4 is 11.1 Å². The fourth-order valence-electron chi connectivity index (χ4n) is 2.33. The van der Waals surface area contributed by atoms with Crippen molar-refractivity contribution in [3.05, 3.63) is 34.3 Å². The van der Waals surface area contributed by atoms with Gasteiger partial charge in [0.2, 0.25) is 10.1 Å². The van der Waals surface area contributed by atoms with E-state index in [4.69, 9.17) is 5.73 Å². The summed E-state index contributed by atoms with van der Waals surface area (Å²) < 4.78 is 37.4. The van der Waals surface area contributed by atoms with E-state index in [0.717, 1.165) is 24.0 Å². The quantitative estimate of drug-likeness (QED) is 0.836. The summed E-state index contributed by atoms with van der Waals surface area (Å²) in [7, 11) is 0. The predicted octanol–water partition coefficient (Wildman–Crippen LogP) is 3.24. The van der Waals surface area contributed by atoms with E-state index in [-0.39, 0.29) is 11.2 Å². The summed E-state index contributed by atoms with van der Waals surface area (Å²) in [6, 6.07) is 5.55. The van der Waals surface area contributed by atoms with Gasteiger partial charge in [-0.25, -0.2) is 0 Å². The molecule has 0 fully saturated rings. The molecule has 0 saturated carbocycles. The Kier molecular flexibility index (Phi) is 3.04. The molecule has 20 heavy (non-hydrogen) atoms. The molecule has 3 rings (SSSR count). The second-order valence-electron chi connectivity index (χ2n) is 4.60. The summed E-state index contributed by atoms with van der Waals surface area (Å²) in [6.45, 7) is 0. The number of anilines is 2. The molecular formula is C12H11F3N4S. The SMILES string of the molecule is Nc1ccc2c(c1)CCC2Nc1nnc(C(F)(F)F)s1. The zero-order chi connectivity index (χ0) is 14.3. The molecule has 1 atom stereocenters. The van der Waals surface area contributed by atoms with E-state index in [1.54, 1.807) is 6.07 Å². The lowest BCUT2D eigenvalue weighted by Crippen LogP contribution is -2.06. The average Bonchev–Trinajstić information content (AvgIpc) is 2.96. The molecule has 8 heteroatoms. The maximum absolute atomic E-state index is 12.5. The van der Waals surface area contributed by atoms with Crippen LogP contribution in [0.5, 0.6) is 0 Å². The number of halogens is 3. The van der Waals surface area contributed by atoms with Crippen LogP contribution in [0.15, 0.2) is 18.2 Å². The van der Waals surface area contributed by atoms with Crippen molar-refractivity contribution < 1.29 is 13.2 Å². The van der Waals surface area contributed by atoms with Crippen LogP contribution in [0, 0.1) is 0 Å². The second-order valence-corrected chi connectivity index (χ2v) is 5.58. The molecule has 1 aromatic heterocycles. The molecular weight excluding hydrogens is 289 g/mol. The van der Waals surface area contributed by atoms with Crippen molar-refractivity contribution in [1.82, 2.24) is 10.2 Å². The number of alkyl halides is 3. The van der Waals surface area contributed by atoms with Crippen molar-refractivity contribution in [3.63, 3.8) is 0 Å². The number of aryl methyl sites for hydroxylation is 1. The number of fused-ring (bicyclic) bond motifs is 1. The number of hydrogen-bond donors (Lipinski definition) is 2. The first-order valence-corrected chi connectivity index (χ1v) is 6.80. The van der Waals surface area contributed by atoms with Gasteiger partial charge >= 0.3 is 6.18 Å². The van der Waals surface area contributed by atoms with E-state index >= 15 is 0 Å². The molecule has 1 heterocycles. The highest BCUT2D eigenvalue weighted by Crippen LogP contribution is 2.37. The Morgan fingerprint density at radius 3 is 2.80 bits per heavy atom. The van der Waals surface area contributed by atoms with Gasteiger partial charge in [0.25, 0.3) is 0 Å². The first kappa shape index (κ1) is 13.2. The molecule has 106 valence electrons. The highest BCUT2D eigenvalue weighted by molar-refractivity contribution is 7.15. The van der Waals surface area contributed by atoms with Crippen LogP contribution in [0.1, 0.15) is 28.6 Å². The number of nitrogens with one attached hydrogen (secondary N) is 1. The largest absolute Gasteiger partial charge is 0.445 e. The molecule has 2 aromatic rings. The van der Waals surface area contributed by atoms with Gasteiger partial charge in [-0.05, 0) is 36.1 Å².